The van der Waals surface area contributed by atoms with Gasteiger partial charge in [0.25, 0.3) is 6.43 Å². The molecule has 0 N–H and O–H groups in total. The number of alkyl halides is 2. The maximum absolute atomic E-state index is 12.8. The van der Waals surface area contributed by atoms with E-state index in [2.05, 4.69) is 0 Å². The molecule has 2 nitrogen and oxygen atoms in total. The van der Waals surface area contributed by atoms with Gasteiger partial charge in [0.05, 0.1) is 11.6 Å². The fourth-order valence-electron chi connectivity index (χ4n) is 1.67. The Hall–Kier alpha value is -1.76. The minimum Gasteiger partial charge on any atom is -0.294 e. The Labute approximate surface area is 92.5 Å². The van der Waals surface area contributed by atoms with Gasteiger partial charge in [-0.1, -0.05) is 6.92 Å². The SMILES string of the molecule is CCc1cc(C#N)cc(C(F)F)c1C(C)=O. The van der Waals surface area contributed by atoms with Crippen LogP contribution in [0.25, 0.3) is 0 Å². The lowest BCUT2D eigenvalue weighted by molar-refractivity contribution is 0.0998. The van der Waals surface area contributed by atoms with Crippen molar-refractivity contribution in [2.75, 3.05) is 0 Å². The summed E-state index contributed by atoms with van der Waals surface area (Å²) in [6.07, 6.45) is -2.29. The van der Waals surface area contributed by atoms with Gasteiger partial charge in [0, 0.05) is 11.1 Å². The highest BCUT2D eigenvalue weighted by Crippen LogP contribution is 2.27. The largest absolute Gasteiger partial charge is 0.294 e. The van der Waals surface area contributed by atoms with E-state index in [0.29, 0.717) is 12.0 Å². The smallest absolute Gasteiger partial charge is 0.264 e. The highest BCUT2D eigenvalue weighted by atomic mass is 19.3. The summed E-state index contributed by atoms with van der Waals surface area (Å²) in [5, 5.41) is 8.71. The topological polar surface area (TPSA) is 40.9 Å². The van der Waals surface area contributed by atoms with Crippen LogP contribution in [0.3, 0.4) is 0 Å². The molecule has 0 aliphatic rings. The molecular weight excluding hydrogens is 212 g/mol. The molecule has 0 aliphatic heterocycles. The van der Waals surface area contributed by atoms with E-state index in [9.17, 15) is 13.6 Å². The van der Waals surface area contributed by atoms with Crippen LogP contribution >= 0.6 is 0 Å². The first-order valence-corrected chi connectivity index (χ1v) is 4.87. The average Bonchev–Trinajstić information content (AvgIpc) is 2.26. The Balaban J connectivity index is 3.55. The third-order valence-corrected chi connectivity index (χ3v) is 2.35. The molecule has 0 fully saturated rings. The van der Waals surface area contributed by atoms with Gasteiger partial charge in [-0.15, -0.1) is 0 Å². The average molecular weight is 223 g/mol. The maximum atomic E-state index is 12.8. The van der Waals surface area contributed by atoms with Crippen LogP contribution in [0.4, 0.5) is 8.78 Å². The standard InChI is InChI=1S/C12H11F2NO/c1-3-9-4-8(6-15)5-10(12(13)14)11(9)7(2)16/h4-5,12H,3H2,1-2H3. The number of hydrogen-bond donors (Lipinski definition) is 0. The van der Waals surface area contributed by atoms with Gasteiger partial charge in [0.15, 0.2) is 5.78 Å². The van der Waals surface area contributed by atoms with Crippen molar-refractivity contribution in [3.05, 3.63) is 34.4 Å². The molecule has 1 rings (SSSR count). The summed E-state index contributed by atoms with van der Waals surface area (Å²) in [4.78, 5) is 11.3. The molecule has 1 aromatic rings. The number of rotatable bonds is 3. The maximum Gasteiger partial charge on any atom is 0.264 e. The summed E-state index contributed by atoms with van der Waals surface area (Å²) < 4.78 is 25.5. The second-order valence-electron chi connectivity index (χ2n) is 3.42. The van der Waals surface area contributed by atoms with E-state index in [0.717, 1.165) is 6.07 Å². The first kappa shape index (κ1) is 12.3. The molecule has 0 radical (unpaired) electrons. The molecule has 1 aromatic carbocycles. The Morgan fingerprint density at radius 2 is 2.12 bits per heavy atom. The number of benzene rings is 1. The lowest BCUT2D eigenvalue weighted by Crippen LogP contribution is -2.06. The molecule has 0 aromatic heterocycles. The second-order valence-corrected chi connectivity index (χ2v) is 3.42. The van der Waals surface area contributed by atoms with Gasteiger partial charge in [-0.05, 0) is 31.0 Å². The molecule has 4 heteroatoms. The Morgan fingerprint density at radius 3 is 2.50 bits per heavy atom. The molecule has 0 aliphatic carbocycles. The summed E-state index contributed by atoms with van der Waals surface area (Å²) in [6, 6.07) is 4.39. The minimum absolute atomic E-state index is 0.0523. The van der Waals surface area contributed by atoms with Gasteiger partial charge < -0.3 is 0 Å². The van der Waals surface area contributed by atoms with Crippen molar-refractivity contribution in [1.82, 2.24) is 0 Å². The van der Waals surface area contributed by atoms with E-state index in [4.69, 9.17) is 5.26 Å². The molecule has 0 atom stereocenters. The molecule has 0 heterocycles. The number of halogens is 2. The van der Waals surface area contributed by atoms with Crippen LogP contribution in [-0.4, -0.2) is 5.78 Å². The van der Waals surface area contributed by atoms with Crippen molar-refractivity contribution in [3.8, 4) is 6.07 Å². The van der Waals surface area contributed by atoms with E-state index in [1.54, 1.807) is 6.92 Å². The number of ketones is 1. The van der Waals surface area contributed by atoms with E-state index >= 15 is 0 Å². The summed E-state index contributed by atoms with van der Waals surface area (Å²) in [5.74, 6) is -0.392. The van der Waals surface area contributed by atoms with Crippen molar-refractivity contribution in [2.45, 2.75) is 26.7 Å². The van der Waals surface area contributed by atoms with Gasteiger partial charge in [-0.3, -0.25) is 4.79 Å². The fourth-order valence-corrected chi connectivity index (χ4v) is 1.67. The molecule has 0 spiro atoms. The summed E-state index contributed by atoms with van der Waals surface area (Å²) in [6.45, 7) is 3.02. The summed E-state index contributed by atoms with van der Waals surface area (Å²) >= 11 is 0. The zero-order valence-electron chi connectivity index (χ0n) is 9.05. The van der Waals surface area contributed by atoms with Crippen LogP contribution in [0.5, 0.6) is 0 Å². The number of carbonyl (C=O) groups excluding carboxylic acids is 1. The monoisotopic (exact) mass is 223 g/mol. The molecule has 0 saturated heterocycles. The predicted octanol–water partition coefficient (Wildman–Crippen LogP) is 3.26. The van der Waals surface area contributed by atoms with Crippen molar-refractivity contribution < 1.29 is 13.6 Å². The van der Waals surface area contributed by atoms with E-state index in [-0.39, 0.29) is 16.7 Å². The van der Waals surface area contributed by atoms with Crippen LogP contribution in [0.1, 0.15) is 47.3 Å². The van der Waals surface area contributed by atoms with Crippen LogP contribution < -0.4 is 0 Å². The van der Waals surface area contributed by atoms with E-state index in [1.807, 2.05) is 6.07 Å². The van der Waals surface area contributed by atoms with Gasteiger partial charge in [-0.2, -0.15) is 5.26 Å². The number of nitrogens with zero attached hydrogens (tertiary/aromatic N) is 1. The zero-order valence-corrected chi connectivity index (χ0v) is 9.05. The molecule has 0 amide bonds. The van der Waals surface area contributed by atoms with Gasteiger partial charge in [0.2, 0.25) is 0 Å². The number of carbonyl (C=O) groups is 1. The van der Waals surface area contributed by atoms with Crippen molar-refractivity contribution in [3.63, 3.8) is 0 Å². The van der Waals surface area contributed by atoms with Crippen LogP contribution in [0.15, 0.2) is 12.1 Å². The second kappa shape index (κ2) is 4.84. The summed E-state index contributed by atoms with van der Waals surface area (Å²) in [7, 11) is 0. The third-order valence-electron chi connectivity index (χ3n) is 2.35. The zero-order chi connectivity index (χ0) is 12.3. The molecule has 0 unspecified atom stereocenters. The number of hydrogen-bond acceptors (Lipinski definition) is 2. The van der Waals surface area contributed by atoms with Crippen LogP contribution in [0, 0.1) is 11.3 Å². The minimum atomic E-state index is -2.74. The lowest BCUT2D eigenvalue weighted by atomic mass is 9.94. The molecule has 84 valence electrons. The highest BCUT2D eigenvalue weighted by Gasteiger charge is 2.20. The van der Waals surface area contributed by atoms with Crippen LogP contribution in [0.2, 0.25) is 0 Å². The Morgan fingerprint density at radius 1 is 1.50 bits per heavy atom. The third kappa shape index (κ3) is 2.25. The van der Waals surface area contributed by atoms with Crippen molar-refractivity contribution in [2.24, 2.45) is 0 Å². The van der Waals surface area contributed by atoms with Gasteiger partial charge in [0.1, 0.15) is 0 Å². The number of aryl methyl sites for hydroxylation is 1. The summed E-state index contributed by atoms with van der Waals surface area (Å²) in [5.41, 5.74) is 0.374. The van der Waals surface area contributed by atoms with Crippen molar-refractivity contribution in [1.29, 1.82) is 5.26 Å². The molecular formula is C12H11F2NO. The highest BCUT2D eigenvalue weighted by molar-refractivity contribution is 5.97. The first-order valence-electron chi connectivity index (χ1n) is 4.87. The number of nitriles is 1. The Bertz CT molecular complexity index is 461. The predicted molar refractivity (Wildman–Crippen MR) is 55.5 cm³/mol. The van der Waals surface area contributed by atoms with Gasteiger partial charge >= 0.3 is 0 Å². The van der Waals surface area contributed by atoms with Crippen LogP contribution in [-0.2, 0) is 6.42 Å². The molecule has 0 bridgehead atoms. The Kier molecular flexibility index (Phi) is 3.73. The normalized spacial score (nSPS) is 10.2. The number of Topliss-reactive ketones (excluding diaryl/α,β-unsaturated/α-hetero) is 1. The first-order chi connectivity index (χ1) is 7.51. The quantitative estimate of drug-likeness (QED) is 0.738. The lowest BCUT2D eigenvalue weighted by Gasteiger charge is -2.11. The van der Waals surface area contributed by atoms with E-state index in [1.165, 1.54) is 13.0 Å². The van der Waals surface area contributed by atoms with Crippen molar-refractivity contribution >= 4 is 5.78 Å². The van der Waals surface area contributed by atoms with E-state index < -0.39 is 12.2 Å². The van der Waals surface area contributed by atoms with Gasteiger partial charge in [-0.25, -0.2) is 8.78 Å². The fraction of sp³-hybridized carbons (Fsp3) is 0.333. The molecule has 0 saturated carbocycles. The molecule has 16 heavy (non-hydrogen) atoms.